The lowest BCUT2D eigenvalue weighted by Gasteiger charge is -2.11. The Balaban J connectivity index is 1.79. The number of urea groups is 1. The van der Waals surface area contributed by atoms with Crippen molar-refractivity contribution in [1.29, 1.82) is 0 Å². The molecule has 0 spiro atoms. The molecule has 1 aliphatic heterocycles. The van der Waals surface area contributed by atoms with Gasteiger partial charge in [0.25, 0.3) is 5.91 Å². The zero-order valence-corrected chi connectivity index (χ0v) is 14.2. The SMILES string of the molecule is Cc1ccc(CN2C(=O)N/C(=C/c3cc(Br)cs3)C2=O)cc1. The van der Waals surface area contributed by atoms with Gasteiger partial charge in [-0.15, -0.1) is 11.3 Å². The largest absolute Gasteiger partial charge is 0.329 e. The van der Waals surface area contributed by atoms with Crippen LogP contribution in [-0.2, 0) is 11.3 Å². The van der Waals surface area contributed by atoms with Crippen molar-refractivity contribution in [3.63, 3.8) is 0 Å². The number of imide groups is 1. The zero-order valence-electron chi connectivity index (χ0n) is 11.8. The van der Waals surface area contributed by atoms with E-state index in [-0.39, 0.29) is 18.5 Å². The second-order valence-corrected chi connectivity index (χ2v) is 6.89. The van der Waals surface area contributed by atoms with Crippen LogP contribution < -0.4 is 5.32 Å². The Kier molecular flexibility index (Phi) is 4.13. The number of nitrogens with one attached hydrogen (secondary N) is 1. The summed E-state index contributed by atoms with van der Waals surface area (Å²) in [6, 6.07) is 9.30. The highest BCUT2D eigenvalue weighted by molar-refractivity contribution is 9.10. The van der Waals surface area contributed by atoms with E-state index in [1.54, 1.807) is 6.08 Å². The number of nitrogens with zero attached hydrogens (tertiary/aromatic N) is 1. The van der Waals surface area contributed by atoms with E-state index in [4.69, 9.17) is 0 Å². The van der Waals surface area contributed by atoms with Gasteiger partial charge in [0.1, 0.15) is 5.70 Å². The monoisotopic (exact) mass is 376 g/mol. The molecular formula is C16H13BrN2O2S. The molecule has 0 aliphatic carbocycles. The number of halogens is 1. The fourth-order valence-corrected chi connectivity index (χ4v) is 3.51. The standard InChI is InChI=1S/C16H13BrN2O2S/c1-10-2-4-11(5-3-10)8-19-15(20)14(18-16(19)21)7-13-6-12(17)9-22-13/h2-7,9H,8H2,1H3,(H,18,21)/b14-7+. The van der Waals surface area contributed by atoms with Gasteiger partial charge in [0.05, 0.1) is 6.54 Å². The lowest BCUT2D eigenvalue weighted by Crippen LogP contribution is -2.30. The van der Waals surface area contributed by atoms with Crippen LogP contribution in [0, 0.1) is 6.92 Å². The molecule has 1 aliphatic rings. The van der Waals surface area contributed by atoms with Gasteiger partial charge in [-0.1, -0.05) is 29.8 Å². The summed E-state index contributed by atoms with van der Waals surface area (Å²) in [7, 11) is 0. The van der Waals surface area contributed by atoms with Crippen molar-refractivity contribution in [3.05, 3.63) is 61.9 Å². The van der Waals surface area contributed by atoms with Crippen molar-refractivity contribution in [2.24, 2.45) is 0 Å². The first-order valence-corrected chi connectivity index (χ1v) is 8.34. The first-order valence-electron chi connectivity index (χ1n) is 6.67. The van der Waals surface area contributed by atoms with Crippen LogP contribution in [0.5, 0.6) is 0 Å². The van der Waals surface area contributed by atoms with Crippen LogP contribution in [0.3, 0.4) is 0 Å². The molecule has 1 aromatic heterocycles. The number of carbonyl (C=O) groups excluding carboxylic acids is 2. The topological polar surface area (TPSA) is 49.4 Å². The highest BCUT2D eigenvalue weighted by Crippen LogP contribution is 2.24. The third kappa shape index (κ3) is 3.13. The highest BCUT2D eigenvalue weighted by Gasteiger charge is 2.33. The minimum atomic E-state index is -0.382. The molecule has 2 aromatic rings. The van der Waals surface area contributed by atoms with Crippen molar-refractivity contribution in [3.8, 4) is 0 Å². The Bertz CT molecular complexity index is 765. The zero-order chi connectivity index (χ0) is 15.7. The molecule has 1 aromatic carbocycles. The van der Waals surface area contributed by atoms with Crippen LogP contribution in [0.1, 0.15) is 16.0 Å². The van der Waals surface area contributed by atoms with Crippen molar-refractivity contribution in [2.45, 2.75) is 13.5 Å². The molecule has 3 rings (SSSR count). The average molecular weight is 377 g/mol. The summed E-state index contributed by atoms with van der Waals surface area (Å²) in [5.41, 5.74) is 2.38. The van der Waals surface area contributed by atoms with Crippen LogP contribution in [0.25, 0.3) is 6.08 Å². The summed E-state index contributed by atoms with van der Waals surface area (Å²) in [5, 5.41) is 4.56. The maximum absolute atomic E-state index is 12.4. The van der Waals surface area contributed by atoms with Gasteiger partial charge in [-0.3, -0.25) is 9.69 Å². The van der Waals surface area contributed by atoms with Crippen LogP contribution in [0.15, 0.2) is 45.9 Å². The number of benzene rings is 1. The van der Waals surface area contributed by atoms with E-state index >= 15 is 0 Å². The number of rotatable bonds is 3. The van der Waals surface area contributed by atoms with E-state index < -0.39 is 0 Å². The molecule has 0 atom stereocenters. The number of thiophene rings is 1. The van der Waals surface area contributed by atoms with Gasteiger partial charge in [-0.2, -0.15) is 0 Å². The van der Waals surface area contributed by atoms with Gasteiger partial charge in [-0.05, 0) is 40.6 Å². The van der Waals surface area contributed by atoms with E-state index in [0.717, 1.165) is 20.5 Å². The molecule has 1 fully saturated rings. The Hall–Kier alpha value is -1.92. The summed E-state index contributed by atoms with van der Waals surface area (Å²) < 4.78 is 0.956. The molecule has 1 saturated heterocycles. The molecule has 112 valence electrons. The molecule has 0 saturated carbocycles. The highest BCUT2D eigenvalue weighted by atomic mass is 79.9. The molecule has 1 N–H and O–H groups in total. The van der Waals surface area contributed by atoms with E-state index in [9.17, 15) is 9.59 Å². The van der Waals surface area contributed by atoms with Crippen LogP contribution in [0.4, 0.5) is 4.79 Å². The van der Waals surface area contributed by atoms with E-state index in [1.807, 2.05) is 42.6 Å². The molecule has 2 heterocycles. The minimum absolute atomic E-state index is 0.274. The Labute approximate surface area is 140 Å². The number of carbonyl (C=O) groups is 2. The fraction of sp³-hybridized carbons (Fsp3) is 0.125. The molecule has 22 heavy (non-hydrogen) atoms. The Morgan fingerprint density at radius 3 is 2.64 bits per heavy atom. The molecule has 3 amide bonds. The molecule has 0 radical (unpaired) electrons. The fourth-order valence-electron chi connectivity index (χ4n) is 2.14. The van der Waals surface area contributed by atoms with Gasteiger partial charge in [0.2, 0.25) is 0 Å². The predicted molar refractivity (Wildman–Crippen MR) is 90.3 cm³/mol. The van der Waals surface area contributed by atoms with E-state index in [0.29, 0.717) is 5.70 Å². The smallest absolute Gasteiger partial charge is 0.303 e. The summed E-state index contributed by atoms with van der Waals surface area (Å²) in [6.45, 7) is 2.27. The molecule has 0 bridgehead atoms. The average Bonchev–Trinajstić information content (AvgIpc) is 3.00. The lowest BCUT2D eigenvalue weighted by atomic mass is 10.1. The van der Waals surface area contributed by atoms with Crippen molar-refractivity contribution in [1.82, 2.24) is 10.2 Å². The first kappa shape index (κ1) is 15.0. The summed E-state index contributed by atoms with van der Waals surface area (Å²) >= 11 is 4.87. The second kappa shape index (κ2) is 6.06. The Morgan fingerprint density at radius 2 is 2.00 bits per heavy atom. The molecule has 4 nitrogen and oxygen atoms in total. The third-order valence-corrected chi connectivity index (χ3v) is 4.94. The molecular weight excluding hydrogens is 364 g/mol. The van der Waals surface area contributed by atoms with Gasteiger partial charge in [-0.25, -0.2) is 4.79 Å². The van der Waals surface area contributed by atoms with Crippen LogP contribution in [-0.4, -0.2) is 16.8 Å². The van der Waals surface area contributed by atoms with Crippen molar-refractivity contribution in [2.75, 3.05) is 0 Å². The number of hydrogen-bond donors (Lipinski definition) is 1. The summed E-state index contributed by atoms with van der Waals surface area (Å²) in [6.07, 6.45) is 1.70. The van der Waals surface area contributed by atoms with E-state index in [1.165, 1.54) is 16.2 Å². The normalized spacial score (nSPS) is 16.5. The maximum atomic E-state index is 12.4. The van der Waals surface area contributed by atoms with Gasteiger partial charge in [0, 0.05) is 14.7 Å². The van der Waals surface area contributed by atoms with Crippen molar-refractivity contribution >= 4 is 45.3 Å². The quantitative estimate of drug-likeness (QED) is 0.651. The number of aryl methyl sites for hydroxylation is 1. The van der Waals surface area contributed by atoms with Crippen LogP contribution >= 0.6 is 27.3 Å². The summed E-state index contributed by atoms with van der Waals surface area (Å²) in [5.74, 6) is -0.296. The number of hydrogen-bond acceptors (Lipinski definition) is 3. The Morgan fingerprint density at radius 1 is 1.27 bits per heavy atom. The number of amides is 3. The third-order valence-electron chi connectivity index (χ3n) is 3.30. The second-order valence-electron chi connectivity index (χ2n) is 5.03. The maximum Gasteiger partial charge on any atom is 0.329 e. The first-order chi connectivity index (χ1) is 10.5. The van der Waals surface area contributed by atoms with Gasteiger partial charge in [0.15, 0.2) is 0 Å². The van der Waals surface area contributed by atoms with Gasteiger partial charge < -0.3 is 5.32 Å². The summed E-state index contributed by atoms with van der Waals surface area (Å²) in [4.78, 5) is 26.5. The van der Waals surface area contributed by atoms with Crippen LogP contribution in [0.2, 0.25) is 0 Å². The minimum Gasteiger partial charge on any atom is -0.303 e. The van der Waals surface area contributed by atoms with E-state index in [2.05, 4.69) is 21.2 Å². The van der Waals surface area contributed by atoms with Crippen molar-refractivity contribution < 1.29 is 9.59 Å². The van der Waals surface area contributed by atoms with Gasteiger partial charge >= 0.3 is 6.03 Å². The lowest BCUT2D eigenvalue weighted by molar-refractivity contribution is -0.123. The molecule has 0 unspecified atom stereocenters. The molecule has 6 heteroatoms. The predicted octanol–water partition coefficient (Wildman–Crippen LogP) is 3.91.